The van der Waals surface area contributed by atoms with E-state index in [0.29, 0.717) is 12.8 Å². The summed E-state index contributed by atoms with van der Waals surface area (Å²) in [6, 6.07) is 1.17. The van der Waals surface area contributed by atoms with Gasteiger partial charge >= 0.3 is 17.6 Å². The molecular formula is C16H19ClN4O5. The SMILES string of the molecule is CCOC(=O)C(=O)N(c1ncc(Cl)cc1[N+](=O)[O-])C1C[C@H]2CC[C@@H](C1)N2. The van der Waals surface area contributed by atoms with Crippen molar-refractivity contribution in [3.8, 4) is 0 Å². The molecule has 2 aliphatic rings. The lowest BCUT2D eigenvalue weighted by atomic mass is 9.97. The molecule has 1 aromatic heterocycles. The minimum Gasteiger partial charge on any atom is -0.459 e. The first-order valence-corrected chi connectivity index (χ1v) is 8.84. The predicted octanol–water partition coefficient (Wildman–Crippen LogP) is 1.82. The van der Waals surface area contributed by atoms with E-state index in [-0.39, 0.29) is 35.6 Å². The fraction of sp³-hybridized carbons (Fsp3) is 0.562. The summed E-state index contributed by atoms with van der Waals surface area (Å²) in [6.07, 6.45) is 4.34. The fourth-order valence-corrected chi connectivity index (χ4v) is 3.86. The Balaban J connectivity index is 2.02. The molecule has 3 rings (SSSR count). The summed E-state index contributed by atoms with van der Waals surface area (Å²) >= 11 is 5.83. The third-order valence-corrected chi connectivity index (χ3v) is 4.93. The number of rotatable bonds is 4. The first-order chi connectivity index (χ1) is 12.4. The third kappa shape index (κ3) is 3.63. The average Bonchev–Trinajstić information content (AvgIpc) is 2.94. The van der Waals surface area contributed by atoms with Gasteiger partial charge in [-0.25, -0.2) is 9.78 Å². The van der Waals surface area contributed by atoms with Crippen LogP contribution in [0.4, 0.5) is 11.5 Å². The van der Waals surface area contributed by atoms with Crippen molar-refractivity contribution in [1.82, 2.24) is 10.3 Å². The fourth-order valence-electron chi connectivity index (χ4n) is 3.71. The van der Waals surface area contributed by atoms with Crippen LogP contribution in [-0.2, 0) is 14.3 Å². The molecule has 1 amide bonds. The van der Waals surface area contributed by atoms with Crippen molar-refractivity contribution in [2.45, 2.75) is 50.7 Å². The summed E-state index contributed by atoms with van der Waals surface area (Å²) in [4.78, 5) is 40.8. The Labute approximate surface area is 154 Å². The molecule has 10 heteroatoms. The maximum atomic E-state index is 12.8. The van der Waals surface area contributed by atoms with Crippen molar-refractivity contribution in [2.24, 2.45) is 0 Å². The van der Waals surface area contributed by atoms with Crippen molar-refractivity contribution in [1.29, 1.82) is 0 Å². The average molecular weight is 383 g/mol. The van der Waals surface area contributed by atoms with Gasteiger partial charge < -0.3 is 10.1 Å². The van der Waals surface area contributed by atoms with Gasteiger partial charge in [0, 0.05) is 30.4 Å². The number of pyridine rings is 1. The highest BCUT2D eigenvalue weighted by Crippen LogP contribution is 2.36. The van der Waals surface area contributed by atoms with Crippen LogP contribution in [0.25, 0.3) is 0 Å². The number of aromatic nitrogens is 1. The van der Waals surface area contributed by atoms with Gasteiger partial charge in [-0.15, -0.1) is 0 Å². The molecule has 1 unspecified atom stereocenters. The Bertz CT molecular complexity index is 731. The van der Waals surface area contributed by atoms with E-state index in [9.17, 15) is 19.7 Å². The standard InChI is InChI=1S/C16H19ClN4O5/c1-2-26-16(23)15(22)20(12-6-10-3-4-11(7-12)19-10)14-13(21(24)25)5-9(17)8-18-14/h5,8,10-12,19H,2-4,6-7H2,1H3/t10-,11+,12?. The van der Waals surface area contributed by atoms with E-state index in [2.05, 4.69) is 10.3 Å². The van der Waals surface area contributed by atoms with Crippen LogP contribution in [0.3, 0.4) is 0 Å². The molecule has 0 aromatic carbocycles. The maximum absolute atomic E-state index is 12.8. The molecule has 0 aliphatic carbocycles. The molecule has 0 radical (unpaired) electrons. The van der Waals surface area contributed by atoms with Crippen molar-refractivity contribution in [3.63, 3.8) is 0 Å². The molecule has 2 aliphatic heterocycles. The molecule has 1 aromatic rings. The van der Waals surface area contributed by atoms with Crippen LogP contribution < -0.4 is 10.2 Å². The van der Waals surface area contributed by atoms with E-state index in [0.717, 1.165) is 23.8 Å². The Morgan fingerprint density at radius 1 is 1.42 bits per heavy atom. The first kappa shape index (κ1) is 18.5. The number of carbonyl (C=O) groups is 2. The molecule has 0 spiro atoms. The number of hydrogen-bond donors (Lipinski definition) is 1. The highest BCUT2D eigenvalue weighted by atomic mass is 35.5. The van der Waals surface area contributed by atoms with Crippen LogP contribution in [0.15, 0.2) is 12.3 Å². The van der Waals surface area contributed by atoms with E-state index in [1.165, 1.54) is 6.20 Å². The van der Waals surface area contributed by atoms with Gasteiger partial charge in [0.05, 0.1) is 16.6 Å². The van der Waals surface area contributed by atoms with Gasteiger partial charge in [-0.1, -0.05) is 11.6 Å². The van der Waals surface area contributed by atoms with E-state index >= 15 is 0 Å². The van der Waals surface area contributed by atoms with Crippen LogP contribution in [0.1, 0.15) is 32.6 Å². The summed E-state index contributed by atoms with van der Waals surface area (Å²) in [5.41, 5.74) is -0.416. The first-order valence-electron chi connectivity index (χ1n) is 8.47. The summed E-state index contributed by atoms with van der Waals surface area (Å²) in [5.74, 6) is -2.18. The number of carbonyl (C=O) groups excluding carboxylic acids is 2. The number of nitro groups is 1. The second-order valence-electron chi connectivity index (χ2n) is 6.41. The van der Waals surface area contributed by atoms with Crippen LogP contribution >= 0.6 is 11.6 Å². The molecule has 3 heterocycles. The smallest absolute Gasteiger partial charge is 0.397 e. The van der Waals surface area contributed by atoms with Gasteiger partial charge in [0.25, 0.3) is 0 Å². The zero-order valence-corrected chi connectivity index (χ0v) is 14.9. The molecule has 9 nitrogen and oxygen atoms in total. The highest BCUT2D eigenvalue weighted by Gasteiger charge is 2.42. The number of amides is 1. The predicted molar refractivity (Wildman–Crippen MR) is 93.0 cm³/mol. The minimum absolute atomic E-state index is 0.0338. The molecule has 2 saturated heterocycles. The van der Waals surface area contributed by atoms with Crippen LogP contribution in [0.5, 0.6) is 0 Å². The summed E-state index contributed by atoms with van der Waals surface area (Å²) in [5, 5.41) is 15.0. The maximum Gasteiger partial charge on any atom is 0.397 e. The second-order valence-corrected chi connectivity index (χ2v) is 6.85. The van der Waals surface area contributed by atoms with E-state index in [1.54, 1.807) is 6.92 Å². The monoisotopic (exact) mass is 382 g/mol. The molecule has 2 bridgehead atoms. The Hall–Kier alpha value is -2.26. The lowest BCUT2D eigenvalue weighted by Crippen LogP contribution is -2.52. The quantitative estimate of drug-likeness (QED) is 0.365. The number of nitrogens with one attached hydrogen (secondary N) is 1. The van der Waals surface area contributed by atoms with Crippen molar-refractivity contribution in [2.75, 3.05) is 11.5 Å². The minimum atomic E-state index is -1.05. The largest absolute Gasteiger partial charge is 0.459 e. The Kier molecular flexibility index (Phi) is 5.38. The third-order valence-electron chi connectivity index (χ3n) is 4.72. The normalized spacial score (nSPS) is 24.2. The molecule has 0 saturated carbocycles. The van der Waals surface area contributed by atoms with Gasteiger partial charge in [0.2, 0.25) is 5.82 Å². The zero-order chi connectivity index (χ0) is 18.8. The summed E-state index contributed by atoms with van der Waals surface area (Å²) < 4.78 is 4.82. The number of esters is 1. The topological polar surface area (TPSA) is 115 Å². The van der Waals surface area contributed by atoms with Gasteiger partial charge in [0.1, 0.15) is 0 Å². The number of hydrogen-bond acceptors (Lipinski definition) is 7. The molecule has 2 fully saturated rings. The van der Waals surface area contributed by atoms with Gasteiger partial charge in [-0.3, -0.25) is 19.8 Å². The van der Waals surface area contributed by atoms with Crippen molar-refractivity contribution in [3.05, 3.63) is 27.4 Å². The van der Waals surface area contributed by atoms with Gasteiger partial charge in [-0.2, -0.15) is 0 Å². The van der Waals surface area contributed by atoms with Gasteiger partial charge in [0.15, 0.2) is 0 Å². The Morgan fingerprint density at radius 3 is 2.65 bits per heavy atom. The number of anilines is 1. The van der Waals surface area contributed by atoms with Crippen molar-refractivity contribution < 1.29 is 19.2 Å². The van der Waals surface area contributed by atoms with E-state index in [4.69, 9.17) is 16.3 Å². The number of piperidine rings is 1. The highest BCUT2D eigenvalue weighted by molar-refractivity contribution is 6.38. The van der Waals surface area contributed by atoms with Crippen LogP contribution in [0, 0.1) is 10.1 Å². The molecule has 3 atom stereocenters. The molecular weight excluding hydrogens is 364 g/mol. The van der Waals surface area contributed by atoms with E-state index < -0.39 is 22.5 Å². The number of ether oxygens (including phenoxy) is 1. The summed E-state index contributed by atoms with van der Waals surface area (Å²) in [6.45, 7) is 1.62. The van der Waals surface area contributed by atoms with Crippen LogP contribution in [0.2, 0.25) is 5.02 Å². The molecule has 140 valence electrons. The lowest BCUT2D eigenvalue weighted by Gasteiger charge is -2.36. The molecule has 26 heavy (non-hydrogen) atoms. The second kappa shape index (κ2) is 7.55. The number of fused-ring (bicyclic) bond motifs is 2. The van der Waals surface area contributed by atoms with E-state index in [1.807, 2.05) is 0 Å². The number of nitrogens with zero attached hydrogens (tertiary/aromatic N) is 3. The Morgan fingerprint density at radius 2 is 2.08 bits per heavy atom. The zero-order valence-electron chi connectivity index (χ0n) is 14.2. The van der Waals surface area contributed by atoms with Crippen molar-refractivity contribution >= 4 is 35.0 Å². The lowest BCUT2D eigenvalue weighted by molar-refractivity contribution is -0.384. The summed E-state index contributed by atoms with van der Waals surface area (Å²) in [7, 11) is 0. The van der Waals surface area contributed by atoms with Gasteiger partial charge in [-0.05, 0) is 32.6 Å². The molecule has 1 N–H and O–H groups in total. The van der Waals surface area contributed by atoms with Crippen LogP contribution in [-0.4, -0.2) is 46.5 Å². The number of halogens is 1.